The lowest BCUT2D eigenvalue weighted by Gasteiger charge is -2.01. The molecule has 0 atom stereocenters. The molecule has 8 heteroatoms. The Bertz CT molecular complexity index is 946. The summed E-state index contributed by atoms with van der Waals surface area (Å²) in [5, 5.41) is 10.7. The quantitative estimate of drug-likeness (QED) is 0.583. The molecule has 0 saturated heterocycles. The molecule has 0 aliphatic carbocycles. The molecule has 3 rings (SSSR count). The van der Waals surface area contributed by atoms with Gasteiger partial charge in [-0.05, 0) is 42.0 Å². The van der Waals surface area contributed by atoms with E-state index < -0.39 is 17.5 Å². The number of rotatable bonds is 3. The third kappa shape index (κ3) is 3.21. The third-order valence-corrected chi connectivity index (χ3v) is 3.26. The summed E-state index contributed by atoms with van der Waals surface area (Å²) in [4.78, 5) is 0. The van der Waals surface area contributed by atoms with Crippen molar-refractivity contribution in [3.63, 3.8) is 0 Å². The van der Waals surface area contributed by atoms with Crippen molar-refractivity contribution >= 4 is 18.4 Å². The second-order valence-corrected chi connectivity index (χ2v) is 4.98. The van der Waals surface area contributed by atoms with Crippen molar-refractivity contribution in [3.8, 4) is 11.4 Å². The topological polar surface area (TPSA) is 46.0 Å². The van der Waals surface area contributed by atoms with Crippen molar-refractivity contribution < 1.29 is 13.2 Å². The van der Waals surface area contributed by atoms with Gasteiger partial charge in [-0.3, -0.25) is 0 Å². The fourth-order valence-corrected chi connectivity index (χ4v) is 2.11. The van der Waals surface area contributed by atoms with E-state index in [1.807, 2.05) is 0 Å². The second kappa shape index (κ2) is 6.17. The number of aromatic amines is 1. The fraction of sp³-hybridized carbons (Fsp3) is 0. The molecule has 2 aromatic carbocycles. The van der Waals surface area contributed by atoms with Gasteiger partial charge in [-0.2, -0.15) is 14.9 Å². The van der Waals surface area contributed by atoms with Crippen LogP contribution in [0.15, 0.2) is 47.6 Å². The van der Waals surface area contributed by atoms with Gasteiger partial charge in [0, 0.05) is 5.56 Å². The van der Waals surface area contributed by atoms with Crippen LogP contribution in [0.3, 0.4) is 0 Å². The molecule has 0 saturated carbocycles. The fourth-order valence-electron chi connectivity index (χ4n) is 1.93. The van der Waals surface area contributed by atoms with Crippen molar-refractivity contribution in [2.24, 2.45) is 5.10 Å². The van der Waals surface area contributed by atoms with Gasteiger partial charge in [0.15, 0.2) is 17.5 Å². The number of H-pyrrole nitrogens is 1. The summed E-state index contributed by atoms with van der Waals surface area (Å²) >= 11 is 5.07. The standard InChI is InChI=1S/C15H9F3N4S/c16-11-3-1-2-10(7-11)14-20-21-15(23)22(14)19-8-9-4-5-12(17)13(18)6-9/h1-8H,(H,21,23)/b19-8+. The van der Waals surface area contributed by atoms with Crippen LogP contribution < -0.4 is 0 Å². The van der Waals surface area contributed by atoms with Crippen molar-refractivity contribution in [2.45, 2.75) is 0 Å². The Morgan fingerprint density at radius 2 is 1.91 bits per heavy atom. The number of hydrogen-bond donors (Lipinski definition) is 1. The summed E-state index contributed by atoms with van der Waals surface area (Å²) in [6.07, 6.45) is 1.30. The molecule has 1 heterocycles. The molecule has 0 unspecified atom stereocenters. The lowest BCUT2D eigenvalue weighted by Crippen LogP contribution is -1.96. The summed E-state index contributed by atoms with van der Waals surface area (Å²) in [5.41, 5.74) is 0.817. The molecule has 23 heavy (non-hydrogen) atoms. The van der Waals surface area contributed by atoms with Crippen LogP contribution in [0.4, 0.5) is 13.2 Å². The van der Waals surface area contributed by atoms with Crippen LogP contribution in [0, 0.1) is 22.2 Å². The van der Waals surface area contributed by atoms with Crippen LogP contribution in [-0.4, -0.2) is 21.1 Å². The zero-order chi connectivity index (χ0) is 16.4. The minimum Gasteiger partial charge on any atom is -0.250 e. The summed E-state index contributed by atoms with van der Waals surface area (Å²) in [6, 6.07) is 9.15. The molecule has 116 valence electrons. The first-order valence-corrected chi connectivity index (χ1v) is 6.88. The van der Waals surface area contributed by atoms with Crippen LogP contribution >= 0.6 is 12.2 Å². The van der Waals surface area contributed by atoms with Gasteiger partial charge in [0.05, 0.1) is 6.21 Å². The highest BCUT2D eigenvalue weighted by molar-refractivity contribution is 7.71. The average Bonchev–Trinajstić information content (AvgIpc) is 2.89. The lowest BCUT2D eigenvalue weighted by atomic mass is 10.2. The monoisotopic (exact) mass is 334 g/mol. The first-order chi connectivity index (χ1) is 11.0. The maximum Gasteiger partial charge on any atom is 0.216 e. The second-order valence-electron chi connectivity index (χ2n) is 4.59. The molecule has 0 fully saturated rings. The van der Waals surface area contributed by atoms with Gasteiger partial charge in [0.25, 0.3) is 0 Å². The van der Waals surface area contributed by atoms with Crippen molar-refractivity contribution in [1.82, 2.24) is 14.9 Å². The molecular formula is C15H9F3N4S. The predicted octanol–water partition coefficient (Wildman–Crippen LogP) is 3.91. The number of hydrogen-bond acceptors (Lipinski definition) is 3. The number of nitrogens with one attached hydrogen (secondary N) is 1. The number of benzene rings is 2. The van der Waals surface area contributed by atoms with E-state index in [1.165, 1.54) is 35.2 Å². The van der Waals surface area contributed by atoms with Crippen LogP contribution in [-0.2, 0) is 0 Å². The van der Waals surface area contributed by atoms with Crippen LogP contribution in [0.1, 0.15) is 5.56 Å². The van der Waals surface area contributed by atoms with E-state index >= 15 is 0 Å². The Hall–Kier alpha value is -2.74. The zero-order valence-corrected chi connectivity index (χ0v) is 12.3. The summed E-state index contributed by atoms with van der Waals surface area (Å²) in [7, 11) is 0. The molecule has 4 nitrogen and oxygen atoms in total. The Labute approximate surface area is 133 Å². The van der Waals surface area contributed by atoms with Gasteiger partial charge in [-0.1, -0.05) is 18.2 Å². The van der Waals surface area contributed by atoms with Gasteiger partial charge in [-0.15, -0.1) is 0 Å². The molecule has 1 aromatic heterocycles. The normalized spacial score (nSPS) is 11.3. The number of halogens is 3. The van der Waals surface area contributed by atoms with E-state index in [1.54, 1.807) is 6.07 Å². The van der Waals surface area contributed by atoms with E-state index in [0.29, 0.717) is 17.0 Å². The van der Waals surface area contributed by atoms with E-state index in [9.17, 15) is 13.2 Å². The highest BCUT2D eigenvalue weighted by Crippen LogP contribution is 2.18. The van der Waals surface area contributed by atoms with Gasteiger partial charge in [-0.25, -0.2) is 18.3 Å². The highest BCUT2D eigenvalue weighted by Gasteiger charge is 2.09. The SMILES string of the molecule is Fc1cccc(-c2n[nH]c(=S)n2/N=C/c2ccc(F)c(F)c2)c1. The minimum absolute atomic E-state index is 0.183. The Kier molecular flexibility index (Phi) is 4.07. The van der Waals surface area contributed by atoms with E-state index in [2.05, 4.69) is 15.3 Å². The first-order valence-electron chi connectivity index (χ1n) is 6.47. The zero-order valence-electron chi connectivity index (χ0n) is 11.5. The molecule has 0 spiro atoms. The third-order valence-electron chi connectivity index (χ3n) is 3.00. The van der Waals surface area contributed by atoms with Crippen LogP contribution in [0.2, 0.25) is 0 Å². The van der Waals surface area contributed by atoms with Crippen LogP contribution in [0.5, 0.6) is 0 Å². The van der Waals surface area contributed by atoms with Gasteiger partial charge < -0.3 is 0 Å². The van der Waals surface area contributed by atoms with E-state index in [0.717, 1.165) is 12.1 Å². The molecule has 0 bridgehead atoms. The van der Waals surface area contributed by atoms with Gasteiger partial charge in [0.1, 0.15) is 5.82 Å². The molecular weight excluding hydrogens is 325 g/mol. The smallest absolute Gasteiger partial charge is 0.216 e. The molecule has 3 aromatic rings. The maximum absolute atomic E-state index is 13.3. The molecule has 0 radical (unpaired) electrons. The summed E-state index contributed by atoms with van der Waals surface area (Å²) in [5.74, 6) is -2.04. The summed E-state index contributed by atoms with van der Waals surface area (Å²) < 4.78 is 40.9. The van der Waals surface area contributed by atoms with E-state index in [-0.39, 0.29) is 4.77 Å². The maximum atomic E-state index is 13.3. The Balaban J connectivity index is 2.00. The number of aromatic nitrogens is 3. The largest absolute Gasteiger partial charge is 0.250 e. The van der Waals surface area contributed by atoms with Gasteiger partial charge >= 0.3 is 0 Å². The molecule has 0 aliphatic rings. The highest BCUT2D eigenvalue weighted by atomic mass is 32.1. The van der Waals surface area contributed by atoms with Crippen molar-refractivity contribution in [1.29, 1.82) is 0 Å². The Morgan fingerprint density at radius 1 is 1.09 bits per heavy atom. The van der Waals surface area contributed by atoms with Crippen molar-refractivity contribution in [2.75, 3.05) is 0 Å². The minimum atomic E-state index is -0.977. The molecule has 0 aliphatic heterocycles. The van der Waals surface area contributed by atoms with Gasteiger partial charge in [0.2, 0.25) is 4.77 Å². The van der Waals surface area contributed by atoms with Crippen molar-refractivity contribution in [3.05, 3.63) is 70.3 Å². The average molecular weight is 334 g/mol. The lowest BCUT2D eigenvalue weighted by molar-refractivity contribution is 0.508. The van der Waals surface area contributed by atoms with Crippen LogP contribution in [0.25, 0.3) is 11.4 Å². The first kappa shape index (κ1) is 15.2. The summed E-state index contributed by atoms with van der Waals surface area (Å²) in [6.45, 7) is 0. The Morgan fingerprint density at radius 3 is 2.65 bits per heavy atom. The predicted molar refractivity (Wildman–Crippen MR) is 82.2 cm³/mol. The molecule has 0 amide bonds. The van der Waals surface area contributed by atoms with E-state index in [4.69, 9.17) is 12.2 Å². The number of nitrogens with zero attached hydrogens (tertiary/aromatic N) is 3. The molecule has 1 N–H and O–H groups in total.